The fourth-order valence-corrected chi connectivity index (χ4v) is 2.23. The molecule has 1 aromatic rings. The maximum atomic E-state index is 10.5. The third-order valence-electron chi connectivity index (χ3n) is 3.31. The van der Waals surface area contributed by atoms with Crippen LogP contribution in [0.5, 0.6) is 0 Å². The molecule has 88 valence electrons. The van der Waals surface area contributed by atoms with E-state index in [4.69, 9.17) is 4.42 Å². The molecule has 0 amide bonds. The molecule has 1 fully saturated rings. The lowest BCUT2D eigenvalue weighted by atomic mass is 9.93. The summed E-state index contributed by atoms with van der Waals surface area (Å²) in [6, 6.07) is 0. The van der Waals surface area contributed by atoms with E-state index in [1.807, 2.05) is 0 Å². The molecule has 2 heterocycles. The van der Waals surface area contributed by atoms with Gasteiger partial charge in [-0.05, 0) is 38.4 Å². The van der Waals surface area contributed by atoms with Crippen LogP contribution in [0.4, 0.5) is 0 Å². The number of likely N-dealkylation sites (tertiary alicyclic amines) is 1. The standard InChI is InChI=1S/C12H18N2O2/c1-2-14-5-3-10(4-6-14)7-12-13-8-11(9-15)16-12/h8-10H,2-7H2,1H3. The Labute approximate surface area is 95.6 Å². The first-order chi connectivity index (χ1) is 7.81. The van der Waals surface area contributed by atoms with Crippen LogP contribution in [0.2, 0.25) is 0 Å². The van der Waals surface area contributed by atoms with Crippen molar-refractivity contribution in [3.8, 4) is 0 Å². The third kappa shape index (κ3) is 2.70. The van der Waals surface area contributed by atoms with Gasteiger partial charge < -0.3 is 9.32 Å². The van der Waals surface area contributed by atoms with Gasteiger partial charge in [0.15, 0.2) is 17.9 Å². The highest BCUT2D eigenvalue weighted by Crippen LogP contribution is 2.21. The van der Waals surface area contributed by atoms with Crippen LogP contribution in [0, 0.1) is 5.92 Å². The van der Waals surface area contributed by atoms with Gasteiger partial charge in [0, 0.05) is 6.42 Å². The fourth-order valence-electron chi connectivity index (χ4n) is 2.23. The van der Waals surface area contributed by atoms with Crippen molar-refractivity contribution < 1.29 is 9.21 Å². The summed E-state index contributed by atoms with van der Waals surface area (Å²) >= 11 is 0. The molecule has 2 rings (SSSR count). The number of piperidine rings is 1. The minimum atomic E-state index is 0.334. The fraction of sp³-hybridized carbons (Fsp3) is 0.667. The molecule has 1 aliphatic rings. The van der Waals surface area contributed by atoms with Crippen molar-refractivity contribution in [3.05, 3.63) is 17.8 Å². The average molecular weight is 222 g/mol. The molecule has 1 saturated heterocycles. The number of nitrogens with zero attached hydrogens (tertiary/aromatic N) is 2. The maximum Gasteiger partial charge on any atom is 0.195 e. The zero-order valence-electron chi connectivity index (χ0n) is 9.69. The van der Waals surface area contributed by atoms with E-state index in [1.165, 1.54) is 32.1 Å². The minimum absolute atomic E-state index is 0.334. The van der Waals surface area contributed by atoms with E-state index in [9.17, 15) is 4.79 Å². The summed E-state index contributed by atoms with van der Waals surface area (Å²) in [6.07, 6.45) is 5.48. The van der Waals surface area contributed by atoms with Crippen molar-refractivity contribution in [1.29, 1.82) is 0 Å². The molecule has 1 aromatic heterocycles. The first-order valence-electron chi connectivity index (χ1n) is 5.94. The molecule has 0 atom stereocenters. The highest BCUT2D eigenvalue weighted by molar-refractivity contribution is 5.69. The second-order valence-electron chi connectivity index (χ2n) is 4.36. The highest BCUT2D eigenvalue weighted by atomic mass is 16.4. The van der Waals surface area contributed by atoms with E-state index in [0.717, 1.165) is 13.0 Å². The lowest BCUT2D eigenvalue weighted by Gasteiger charge is -2.30. The summed E-state index contributed by atoms with van der Waals surface area (Å²) in [4.78, 5) is 17.0. The van der Waals surface area contributed by atoms with Crippen LogP contribution < -0.4 is 0 Å². The van der Waals surface area contributed by atoms with Crippen LogP contribution in [-0.4, -0.2) is 35.8 Å². The largest absolute Gasteiger partial charge is 0.438 e. The molecule has 0 unspecified atom stereocenters. The van der Waals surface area contributed by atoms with Gasteiger partial charge in [-0.1, -0.05) is 6.92 Å². The topological polar surface area (TPSA) is 46.3 Å². The second-order valence-corrected chi connectivity index (χ2v) is 4.36. The van der Waals surface area contributed by atoms with Crippen LogP contribution in [0.3, 0.4) is 0 Å². The molecular formula is C12H18N2O2. The predicted molar refractivity (Wildman–Crippen MR) is 60.4 cm³/mol. The van der Waals surface area contributed by atoms with Gasteiger partial charge in [0.25, 0.3) is 0 Å². The molecule has 0 aliphatic carbocycles. The van der Waals surface area contributed by atoms with E-state index >= 15 is 0 Å². The van der Waals surface area contributed by atoms with Gasteiger partial charge in [0.05, 0.1) is 6.20 Å². The van der Waals surface area contributed by atoms with Gasteiger partial charge in [-0.25, -0.2) is 4.98 Å². The van der Waals surface area contributed by atoms with Gasteiger partial charge in [-0.3, -0.25) is 4.79 Å². The van der Waals surface area contributed by atoms with Crippen molar-refractivity contribution >= 4 is 6.29 Å². The summed E-state index contributed by atoms with van der Waals surface area (Å²) in [7, 11) is 0. The molecule has 0 N–H and O–H groups in total. The predicted octanol–water partition coefficient (Wildman–Crippen LogP) is 1.76. The monoisotopic (exact) mass is 222 g/mol. The molecule has 16 heavy (non-hydrogen) atoms. The molecule has 4 nitrogen and oxygen atoms in total. The number of carbonyl (C=O) groups is 1. The van der Waals surface area contributed by atoms with E-state index in [0.29, 0.717) is 23.9 Å². The summed E-state index contributed by atoms with van der Waals surface area (Å²) in [6.45, 7) is 5.68. The number of hydrogen-bond acceptors (Lipinski definition) is 4. The Morgan fingerprint density at radius 2 is 2.31 bits per heavy atom. The molecule has 0 spiro atoms. The Bertz CT molecular complexity index is 341. The lowest BCUT2D eigenvalue weighted by Crippen LogP contribution is -2.34. The van der Waals surface area contributed by atoms with Crippen molar-refractivity contribution in [1.82, 2.24) is 9.88 Å². The van der Waals surface area contributed by atoms with Gasteiger partial charge in [-0.15, -0.1) is 0 Å². The van der Waals surface area contributed by atoms with E-state index in [-0.39, 0.29) is 0 Å². The quantitative estimate of drug-likeness (QED) is 0.728. The Morgan fingerprint density at radius 1 is 1.56 bits per heavy atom. The first kappa shape index (κ1) is 11.3. The molecule has 0 radical (unpaired) electrons. The molecule has 4 heteroatoms. The summed E-state index contributed by atoms with van der Waals surface area (Å²) in [5, 5.41) is 0. The van der Waals surface area contributed by atoms with Crippen molar-refractivity contribution in [2.24, 2.45) is 5.92 Å². The number of aldehydes is 1. The SMILES string of the molecule is CCN1CCC(Cc2ncc(C=O)o2)CC1. The van der Waals surface area contributed by atoms with Crippen molar-refractivity contribution in [2.75, 3.05) is 19.6 Å². The number of carbonyl (C=O) groups excluding carboxylic acids is 1. The van der Waals surface area contributed by atoms with Gasteiger partial charge >= 0.3 is 0 Å². The van der Waals surface area contributed by atoms with E-state index in [1.54, 1.807) is 0 Å². The molecule has 1 aliphatic heterocycles. The van der Waals surface area contributed by atoms with Crippen LogP contribution >= 0.6 is 0 Å². The number of rotatable bonds is 4. The average Bonchev–Trinajstić information content (AvgIpc) is 2.78. The maximum absolute atomic E-state index is 10.5. The van der Waals surface area contributed by atoms with Crippen LogP contribution in [0.25, 0.3) is 0 Å². The Hall–Kier alpha value is -1.16. The van der Waals surface area contributed by atoms with Gasteiger partial charge in [-0.2, -0.15) is 0 Å². The summed E-state index contributed by atoms with van der Waals surface area (Å²) < 4.78 is 5.30. The second kappa shape index (κ2) is 5.25. The highest BCUT2D eigenvalue weighted by Gasteiger charge is 2.20. The molecular weight excluding hydrogens is 204 g/mol. The van der Waals surface area contributed by atoms with Crippen LogP contribution in [0.15, 0.2) is 10.6 Å². The van der Waals surface area contributed by atoms with E-state index in [2.05, 4.69) is 16.8 Å². The molecule has 0 saturated carbocycles. The zero-order valence-corrected chi connectivity index (χ0v) is 9.69. The minimum Gasteiger partial charge on any atom is -0.438 e. The Morgan fingerprint density at radius 3 is 2.88 bits per heavy atom. The zero-order chi connectivity index (χ0) is 11.4. The van der Waals surface area contributed by atoms with Crippen LogP contribution in [0.1, 0.15) is 36.2 Å². The van der Waals surface area contributed by atoms with Gasteiger partial charge in [0.2, 0.25) is 0 Å². The molecule has 0 bridgehead atoms. The smallest absolute Gasteiger partial charge is 0.195 e. The van der Waals surface area contributed by atoms with E-state index < -0.39 is 0 Å². The van der Waals surface area contributed by atoms with Crippen LogP contribution in [-0.2, 0) is 6.42 Å². The Balaban J connectivity index is 1.84. The Kier molecular flexibility index (Phi) is 3.72. The summed E-state index contributed by atoms with van der Waals surface area (Å²) in [5.74, 6) is 1.69. The number of hydrogen-bond donors (Lipinski definition) is 0. The van der Waals surface area contributed by atoms with Crippen molar-refractivity contribution in [3.63, 3.8) is 0 Å². The third-order valence-corrected chi connectivity index (χ3v) is 3.31. The normalized spacial score (nSPS) is 18.8. The lowest BCUT2D eigenvalue weighted by molar-refractivity contribution is 0.109. The number of aromatic nitrogens is 1. The molecule has 0 aromatic carbocycles. The first-order valence-corrected chi connectivity index (χ1v) is 5.94. The van der Waals surface area contributed by atoms with Gasteiger partial charge in [0.1, 0.15) is 0 Å². The summed E-state index contributed by atoms with van der Waals surface area (Å²) in [5.41, 5.74) is 0. The van der Waals surface area contributed by atoms with Crippen molar-refractivity contribution in [2.45, 2.75) is 26.2 Å². The number of oxazole rings is 1.